The van der Waals surface area contributed by atoms with Gasteiger partial charge in [-0.25, -0.2) is 9.78 Å². The second-order valence-corrected chi connectivity index (χ2v) is 8.54. The van der Waals surface area contributed by atoms with Crippen LogP contribution in [0.1, 0.15) is 18.9 Å². The first-order valence-electron chi connectivity index (χ1n) is 11.1. The number of aromatic nitrogens is 2. The zero-order chi connectivity index (χ0) is 22.1. The first kappa shape index (κ1) is 20.6. The zero-order valence-electron chi connectivity index (χ0n) is 18.1. The molecule has 32 heavy (non-hydrogen) atoms. The van der Waals surface area contributed by atoms with Crippen LogP contribution in [0.3, 0.4) is 0 Å². The lowest BCUT2D eigenvalue weighted by molar-refractivity contribution is 0.215. The molecule has 1 aliphatic rings. The van der Waals surface area contributed by atoms with Gasteiger partial charge in [0.2, 0.25) is 0 Å². The number of carbonyl (C=O) groups is 1. The Balaban J connectivity index is 1.38. The monoisotopic (exact) mass is 447 g/mol. The predicted octanol–water partition coefficient (Wildman–Crippen LogP) is 5.45. The molecule has 0 spiro atoms. The van der Waals surface area contributed by atoms with Crippen molar-refractivity contribution < 1.29 is 4.79 Å². The molecule has 0 saturated carbocycles. The lowest BCUT2D eigenvalue weighted by atomic mass is 10.1. The summed E-state index contributed by atoms with van der Waals surface area (Å²) in [5, 5.41) is 3.78. The molecule has 0 aliphatic carbocycles. The summed E-state index contributed by atoms with van der Waals surface area (Å²) in [5.41, 5.74) is 5.00. The average molecular weight is 448 g/mol. The fraction of sp³-hybridized carbons (Fsp3) is 0.280. The van der Waals surface area contributed by atoms with E-state index in [0.717, 1.165) is 59.5 Å². The van der Waals surface area contributed by atoms with Crippen LogP contribution in [0.15, 0.2) is 60.8 Å². The number of amides is 2. The summed E-state index contributed by atoms with van der Waals surface area (Å²) < 4.78 is 2.16. The molecule has 5 rings (SSSR count). The Morgan fingerprint density at radius 1 is 1.03 bits per heavy atom. The number of aryl methyl sites for hydroxylation is 1. The Labute approximate surface area is 192 Å². The summed E-state index contributed by atoms with van der Waals surface area (Å²) >= 11 is 6.24. The maximum Gasteiger partial charge on any atom is 0.321 e. The van der Waals surface area contributed by atoms with Gasteiger partial charge < -0.3 is 19.5 Å². The van der Waals surface area contributed by atoms with E-state index in [9.17, 15) is 4.79 Å². The molecule has 1 saturated heterocycles. The zero-order valence-corrected chi connectivity index (χ0v) is 18.8. The van der Waals surface area contributed by atoms with E-state index in [1.807, 2.05) is 47.4 Å². The number of anilines is 2. The first-order chi connectivity index (χ1) is 15.6. The summed E-state index contributed by atoms with van der Waals surface area (Å²) in [6.07, 6.45) is 3.82. The van der Waals surface area contributed by atoms with Crippen molar-refractivity contribution in [2.45, 2.75) is 19.8 Å². The van der Waals surface area contributed by atoms with Crippen molar-refractivity contribution in [3.8, 4) is 0 Å². The number of hydrogen-bond acceptors (Lipinski definition) is 3. The molecule has 0 atom stereocenters. The highest BCUT2D eigenvalue weighted by molar-refractivity contribution is 6.31. The predicted molar refractivity (Wildman–Crippen MR) is 131 cm³/mol. The van der Waals surface area contributed by atoms with Crippen LogP contribution in [-0.2, 0) is 6.42 Å². The molecule has 0 radical (unpaired) electrons. The largest absolute Gasteiger partial charge is 0.353 e. The Morgan fingerprint density at radius 3 is 2.78 bits per heavy atom. The highest BCUT2D eigenvalue weighted by Crippen LogP contribution is 2.28. The van der Waals surface area contributed by atoms with Gasteiger partial charge in [0.25, 0.3) is 0 Å². The fourth-order valence-electron chi connectivity index (χ4n) is 4.44. The van der Waals surface area contributed by atoms with E-state index in [1.165, 1.54) is 0 Å². The molecule has 4 aromatic rings. The summed E-state index contributed by atoms with van der Waals surface area (Å²) in [4.78, 5) is 22.1. The van der Waals surface area contributed by atoms with Gasteiger partial charge in [-0.2, -0.15) is 0 Å². The topological polar surface area (TPSA) is 52.9 Å². The van der Waals surface area contributed by atoms with Crippen molar-refractivity contribution in [3.63, 3.8) is 0 Å². The molecule has 3 heterocycles. The van der Waals surface area contributed by atoms with Gasteiger partial charge in [0, 0.05) is 43.1 Å². The molecular weight excluding hydrogens is 422 g/mol. The summed E-state index contributed by atoms with van der Waals surface area (Å²) in [5.74, 6) is 0.934. The van der Waals surface area contributed by atoms with Gasteiger partial charge in [0.05, 0.1) is 16.6 Å². The normalized spacial score (nSPS) is 14.7. The second kappa shape index (κ2) is 8.71. The molecule has 164 valence electrons. The van der Waals surface area contributed by atoms with E-state index < -0.39 is 0 Å². The van der Waals surface area contributed by atoms with E-state index in [2.05, 4.69) is 39.9 Å². The van der Waals surface area contributed by atoms with Crippen LogP contribution in [0.2, 0.25) is 5.02 Å². The molecule has 2 aromatic heterocycles. The van der Waals surface area contributed by atoms with Crippen molar-refractivity contribution in [2.24, 2.45) is 0 Å². The van der Waals surface area contributed by atoms with Gasteiger partial charge in [-0.3, -0.25) is 0 Å². The number of benzene rings is 2. The summed E-state index contributed by atoms with van der Waals surface area (Å²) in [7, 11) is 0. The lowest BCUT2D eigenvalue weighted by Gasteiger charge is -2.24. The molecule has 2 aromatic carbocycles. The highest BCUT2D eigenvalue weighted by atomic mass is 35.5. The number of hydrogen-bond donors (Lipinski definition) is 1. The van der Waals surface area contributed by atoms with Crippen LogP contribution in [0, 0.1) is 0 Å². The van der Waals surface area contributed by atoms with Crippen molar-refractivity contribution in [3.05, 3.63) is 71.4 Å². The Bertz CT molecular complexity index is 1280. The molecule has 6 nitrogen and oxygen atoms in total. The number of urea groups is 1. The smallest absolute Gasteiger partial charge is 0.321 e. The Hall–Kier alpha value is -3.25. The number of carbonyl (C=O) groups excluding carboxylic acids is 1. The highest BCUT2D eigenvalue weighted by Gasteiger charge is 2.22. The molecule has 0 bridgehead atoms. The van der Waals surface area contributed by atoms with Crippen LogP contribution in [0.4, 0.5) is 16.3 Å². The van der Waals surface area contributed by atoms with Crippen molar-refractivity contribution in [2.75, 3.05) is 36.4 Å². The second-order valence-electron chi connectivity index (χ2n) is 8.10. The molecule has 1 fully saturated rings. The molecule has 7 heteroatoms. The van der Waals surface area contributed by atoms with Crippen molar-refractivity contribution in [1.29, 1.82) is 0 Å². The van der Waals surface area contributed by atoms with Crippen LogP contribution in [-0.4, -0.2) is 46.5 Å². The van der Waals surface area contributed by atoms with Crippen molar-refractivity contribution >= 4 is 45.7 Å². The minimum atomic E-state index is -0.0427. The van der Waals surface area contributed by atoms with Gasteiger partial charge in [-0.15, -0.1) is 0 Å². The third-order valence-corrected chi connectivity index (χ3v) is 6.36. The third-order valence-electron chi connectivity index (χ3n) is 6.12. The molecule has 2 amide bonds. The minimum Gasteiger partial charge on any atom is -0.353 e. The number of para-hydroxylation sites is 1. The van der Waals surface area contributed by atoms with Crippen molar-refractivity contribution in [1.82, 2.24) is 14.3 Å². The fourth-order valence-corrected chi connectivity index (χ4v) is 4.61. The van der Waals surface area contributed by atoms with Gasteiger partial charge >= 0.3 is 6.03 Å². The number of rotatable bonds is 3. The SMILES string of the molecule is CCc1ccccc1NC(=O)N1CCCN(c2nc3cc(Cl)ccc3n3cccc23)CC1. The quantitative estimate of drug-likeness (QED) is 0.454. The third kappa shape index (κ3) is 3.86. The molecule has 0 unspecified atom stereocenters. The van der Waals surface area contributed by atoms with E-state index in [1.54, 1.807) is 0 Å². The maximum absolute atomic E-state index is 13.0. The summed E-state index contributed by atoms with van der Waals surface area (Å²) in [6.45, 7) is 5.02. The van der Waals surface area contributed by atoms with E-state index in [4.69, 9.17) is 16.6 Å². The van der Waals surface area contributed by atoms with Gasteiger partial charge in [-0.05, 0) is 54.8 Å². The van der Waals surface area contributed by atoms with Gasteiger partial charge in [0.15, 0.2) is 5.82 Å². The number of nitrogens with zero attached hydrogens (tertiary/aromatic N) is 4. The van der Waals surface area contributed by atoms with Crippen LogP contribution >= 0.6 is 11.6 Å². The number of fused-ring (bicyclic) bond motifs is 3. The minimum absolute atomic E-state index is 0.0427. The first-order valence-corrected chi connectivity index (χ1v) is 11.5. The van der Waals surface area contributed by atoms with Crippen LogP contribution < -0.4 is 10.2 Å². The Kier molecular flexibility index (Phi) is 5.62. The number of nitrogens with one attached hydrogen (secondary N) is 1. The molecular formula is C25H26ClN5O. The Morgan fingerprint density at radius 2 is 1.91 bits per heavy atom. The lowest BCUT2D eigenvalue weighted by Crippen LogP contribution is -2.38. The summed E-state index contributed by atoms with van der Waals surface area (Å²) in [6, 6.07) is 17.9. The van der Waals surface area contributed by atoms with E-state index in [-0.39, 0.29) is 6.03 Å². The molecule has 1 aliphatic heterocycles. The van der Waals surface area contributed by atoms with E-state index in [0.29, 0.717) is 18.1 Å². The van der Waals surface area contributed by atoms with Crippen LogP contribution in [0.25, 0.3) is 16.6 Å². The van der Waals surface area contributed by atoms with Gasteiger partial charge in [-0.1, -0.05) is 36.7 Å². The number of halogens is 1. The van der Waals surface area contributed by atoms with E-state index >= 15 is 0 Å². The van der Waals surface area contributed by atoms with Gasteiger partial charge in [0.1, 0.15) is 0 Å². The maximum atomic E-state index is 13.0. The standard InChI is InChI=1S/C25H26ClN5O/c1-2-18-7-3-4-8-20(18)28-25(32)30-13-6-12-29(15-16-30)24-23-9-5-14-31(23)22-11-10-19(26)17-21(22)27-24/h3-5,7-11,14,17H,2,6,12-13,15-16H2,1H3,(H,28,32). The van der Waals surface area contributed by atoms with Crippen LogP contribution in [0.5, 0.6) is 0 Å². The molecule has 1 N–H and O–H groups in total. The average Bonchev–Trinajstić information content (AvgIpc) is 3.16.